The SMILES string of the molecule is CC(C)(C)c1cc(-c2ccccc2)cc(N2c3ccc(-c4c(-c5ccc6c(c5)c5ccccc5n6-c5ccccc5)cccc4-n4c5ccccc5c5ccccc54)cc3B3c4ccc(C(C)(C)C)cc4Oc4cc(-c5c(-c6ccc7c8cc(C(C)(C)C)ccc8n(-c8ccccc8)c7c6)cccc5-n5c6ccccc6c6ccccc65)cc2c43)c1. The highest BCUT2D eigenvalue weighted by molar-refractivity contribution is 6.99. The average Bonchev–Trinajstić information content (AvgIpc) is 1.37. The number of hydrogen-bond acceptors (Lipinski definition) is 2. The number of para-hydroxylation sites is 7. The van der Waals surface area contributed by atoms with Crippen LogP contribution in [0.3, 0.4) is 0 Å². The van der Waals surface area contributed by atoms with E-state index in [9.17, 15) is 0 Å². The van der Waals surface area contributed by atoms with Crippen molar-refractivity contribution in [1.82, 2.24) is 18.3 Å². The second-order valence-electron chi connectivity index (χ2n) is 36.4. The first-order valence-electron chi connectivity index (χ1n) is 42.6. The third-order valence-electron chi connectivity index (χ3n) is 26.0. The summed E-state index contributed by atoms with van der Waals surface area (Å²) in [5.74, 6) is 1.68. The van der Waals surface area contributed by atoms with Crippen molar-refractivity contribution in [3.05, 3.63) is 387 Å². The fraction of sp³-hybridized carbons (Fsp3) is 0.105. The van der Waals surface area contributed by atoms with Crippen LogP contribution in [0.1, 0.15) is 79.0 Å². The lowest BCUT2D eigenvalue weighted by molar-refractivity contribution is 0.483. The number of fused-ring (bicyclic) bond motifs is 16. The molecule has 2 aliphatic heterocycles. The molecule has 0 amide bonds. The van der Waals surface area contributed by atoms with E-state index in [1.54, 1.807) is 0 Å². The van der Waals surface area contributed by atoms with Gasteiger partial charge in [0.05, 0.1) is 55.5 Å². The van der Waals surface area contributed by atoms with Crippen molar-refractivity contribution in [2.24, 2.45) is 0 Å². The summed E-state index contributed by atoms with van der Waals surface area (Å²) in [6.45, 7) is 20.6. The smallest absolute Gasteiger partial charge is 0.256 e. The van der Waals surface area contributed by atoms with Gasteiger partial charge in [-0.3, -0.25) is 0 Å². The van der Waals surface area contributed by atoms with E-state index in [0.717, 1.165) is 151 Å². The zero-order valence-corrected chi connectivity index (χ0v) is 69.4. The van der Waals surface area contributed by atoms with Crippen LogP contribution in [0.5, 0.6) is 11.5 Å². The van der Waals surface area contributed by atoms with Gasteiger partial charge in [0.15, 0.2) is 0 Å². The Morgan fingerprint density at radius 3 is 1.24 bits per heavy atom. The highest BCUT2D eigenvalue weighted by atomic mass is 16.5. The molecule has 0 radical (unpaired) electrons. The number of benzene rings is 17. The maximum absolute atomic E-state index is 7.99. The molecule has 0 saturated heterocycles. The molecule has 17 aromatic carbocycles. The Labute approximate surface area is 705 Å². The Kier molecular flexibility index (Phi) is 16.1. The number of ether oxygens (including phenoxy) is 1. The molecule has 0 spiro atoms. The van der Waals surface area contributed by atoms with E-state index in [1.807, 2.05) is 0 Å². The lowest BCUT2D eigenvalue weighted by Crippen LogP contribution is -2.59. The molecular weight excluding hydrogens is 1470 g/mol. The zero-order valence-electron chi connectivity index (χ0n) is 69.4. The minimum absolute atomic E-state index is 0.0524. The summed E-state index contributed by atoms with van der Waals surface area (Å²) in [5, 5.41) is 9.67. The maximum Gasteiger partial charge on any atom is 0.256 e. The van der Waals surface area contributed by atoms with Crippen LogP contribution in [0.25, 0.3) is 166 Å². The molecule has 23 rings (SSSR count). The van der Waals surface area contributed by atoms with E-state index >= 15 is 0 Å². The molecular formula is C114H88BN5O. The zero-order chi connectivity index (χ0) is 81.5. The first kappa shape index (κ1) is 71.9. The van der Waals surface area contributed by atoms with Crippen LogP contribution in [0.15, 0.2) is 370 Å². The molecule has 0 bridgehead atoms. The molecule has 0 unspecified atom stereocenters. The third kappa shape index (κ3) is 11.4. The van der Waals surface area contributed by atoms with E-state index in [2.05, 4.69) is 456 Å². The van der Waals surface area contributed by atoms with Crippen LogP contribution in [-0.4, -0.2) is 25.0 Å². The Hall–Kier alpha value is -14.4. The summed E-state index contributed by atoms with van der Waals surface area (Å²) < 4.78 is 17.9. The number of aromatic nitrogens is 4. The van der Waals surface area contributed by atoms with Crippen LogP contribution < -0.4 is 26.0 Å². The number of nitrogens with zero attached hydrogens (tertiary/aromatic N) is 5. The lowest BCUT2D eigenvalue weighted by atomic mass is 9.34. The Balaban J connectivity index is 0.828. The van der Waals surface area contributed by atoms with Gasteiger partial charge >= 0.3 is 0 Å². The molecule has 0 saturated carbocycles. The molecule has 121 heavy (non-hydrogen) atoms. The quantitative estimate of drug-likeness (QED) is 0.128. The Morgan fingerprint density at radius 1 is 0.223 bits per heavy atom. The molecule has 2 aliphatic rings. The summed E-state index contributed by atoms with van der Waals surface area (Å²) >= 11 is 0. The number of anilines is 3. The standard InChI is InChI=1S/C114H88BN5O/c1-112(2,3)77-55-60-101-92(69-77)90-56-51-73(65-105(90)117(101)81-35-17-12-18-36-81)84-43-30-50-104(120-98-47-27-21-39-87(98)88-40-22-28-48-99(88)120)110(84)76-66-106-111-108(67-76)121-107-70-78(113(4,5)6)54-57-93(107)115(111)94-64-74(53-59-102(94)118(106)82-62-75(71-31-13-10-14-32-71)61-79(68-82)114(7,8)9)109-83(42-29-49-103(109)119-96-45-25-19-37-85(96)86-38-20-26-46-97(86)119)72-52-58-100-91(63-72)89-41-23-24-44-95(89)116(100)80-33-15-11-16-34-80/h10-70H,1-9H3. The maximum atomic E-state index is 7.99. The van der Waals surface area contributed by atoms with Gasteiger partial charge in [-0.15, -0.1) is 0 Å². The van der Waals surface area contributed by atoms with Crippen LogP contribution in [-0.2, 0) is 16.2 Å². The van der Waals surface area contributed by atoms with Crippen molar-refractivity contribution in [1.29, 1.82) is 0 Å². The molecule has 578 valence electrons. The molecule has 21 aromatic rings. The predicted molar refractivity (Wildman–Crippen MR) is 513 cm³/mol. The monoisotopic (exact) mass is 1550 g/mol. The molecule has 0 aliphatic carbocycles. The highest BCUT2D eigenvalue weighted by Crippen LogP contribution is 2.52. The summed E-state index contributed by atoms with van der Waals surface area (Å²) in [7, 11) is 0. The summed E-state index contributed by atoms with van der Waals surface area (Å²) in [6.07, 6.45) is 0. The summed E-state index contributed by atoms with van der Waals surface area (Å²) in [5.41, 5.74) is 34.6. The summed E-state index contributed by atoms with van der Waals surface area (Å²) in [6, 6.07) is 140. The lowest BCUT2D eigenvalue weighted by Gasteiger charge is -2.41. The van der Waals surface area contributed by atoms with Crippen molar-refractivity contribution in [2.75, 3.05) is 4.90 Å². The van der Waals surface area contributed by atoms with Crippen molar-refractivity contribution in [2.45, 2.75) is 78.6 Å². The molecule has 4 aromatic heterocycles. The van der Waals surface area contributed by atoms with Crippen molar-refractivity contribution in [3.8, 4) is 89.9 Å². The van der Waals surface area contributed by atoms with Crippen LogP contribution in [0.4, 0.5) is 17.1 Å². The predicted octanol–water partition coefficient (Wildman–Crippen LogP) is 28.7. The van der Waals surface area contributed by atoms with Gasteiger partial charge in [-0.1, -0.05) is 299 Å². The molecule has 0 fully saturated rings. The van der Waals surface area contributed by atoms with E-state index < -0.39 is 0 Å². The van der Waals surface area contributed by atoms with Crippen molar-refractivity contribution < 1.29 is 4.74 Å². The van der Waals surface area contributed by atoms with Gasteiger partial charge in [-0.2, -0.15) is 0 Å². The Morgan fingerprint density at radius 2 is 0.669 bits per heavy atom. The van der Waals surface area contributed by atoms with Gasteiger partial charge in [-0.05, 0) is 227 Å². The molecule has 6 nitrogen and oxygen atoms in total. The second kappa shape index (κ2) is 27.1. The highest BCUT2D eigenvalue weighted by Gasteiger charge is 2.44. The molecule has 6 heterocycles. The van der Waals surface area contributed by atoms with Gasteiger partial charge in [0.25, 0.3) is 6.71 Å². The van der Waals surface area contributed by atoms with Crippen LogP contribution >= 0.6 is 0 Å². The molecule has 0 N–H and O–H groups in total. The van der Waals surface area contributed by atoms with E-state index in [-0.39, 0.29) is 23.0 Å². The molecule has 7 heteroatoms. The van der Waals surface area contributed by atoms with Gasteiger partial charge in [0.2, 0.25) is 0 Å². The number of hydrogen-bond donors (Lipinski definition) is 0. The van der Waals surface area contributed by atoms with Crippen LogP contribution in [0, 0.1) is 0 Å². The fourth-order valence-corrected chi connectivity index (χ4v) is 20.2. The minimum atomic E-state index is -0.306. The number of rotatable bonds is 10. The van der Waals surface area contributed by atoms with Gasteiger partial charge in [0.1, 0.15) is 11.5 Å². The normalized spacial score (nSPS) is 12.9. The Bertz CT molecular complexity index is 7760. The van der Waals surface area contributed by atoms with Crippen molar-refractivity contribution >= 4 is 127 Å². The summed E-state index contributed by atoms with van der Waals surface area (Å²) in [4.78, 5) is 2.62. The minimum Gasteiger partial charge on any atom is -0.458 e. The van der Waals surface area contributed by atoms with Crippen molar-refractivity contribution in [3.63, 3.8) is 0 Å². The van der Waals surface area contributed by atoms with E-state index in [0.29, 0.717) is 0 Å². The largest absolute Gasteiger partial charge is 0.458 e. The van der Waals surface area contributed by atoms with E-state index in [1.165, 1.54) is 76.3 Å². The topological polar surface area (TPSA) is 32.2 Å². The van der Waals surface area contributed by atoms with Gasteiger partial charge in [0, 0.05) is 82.7 Å². The van der Waals surface area contributed by atoms with E-state index in [4.69, 9.17) is 4.74 Å². The fourth-order valence-electron chi connectivity index (χ4n) is 20.2. The molecule has 0 atom stereocenters. The van der Waals surface area contributed by atoms with Gasteiger partial charge in [-0.25, -0.2) is 0 Å². The first-order chi connectivity index (χ1) is 58.9. The first-order valence-corrected chi connectivity index (χ1v) is 42.6. The third-order valence-corrected chi connectivity index (χ3v) is 26.0. The van der Waals surface area contributed by atoms with Crippen LogP contribution in [0.2, 0.25) is 0 Å². The van der Waals surface area contributed by atoms with Gasteiger partial charge < -0.3 is 27.9 Å². The average molecular weight is 1550 g/mol. The second-order valence-corrected chi connectivity index (χ2v) is 36.4.